The van der Waals surface area contributed by atoms with E-state index in [1.165, 1.54) is 0 Å². The third kappa shape index (κ3) is 1.82. The van der Waals surface area contributed by atoms with Crippen molar-refractivity contribution in [2.45, 2.75) is 19.8 Å². The van der Waals surface area contributed by atoms with Gasteiger partial charge in [-0.05, 0) is 24.5 Å². The van der Waals surface area contributed by atoms with Gasteiger partial charge in [0.2, 0.25) is 0 Å². The number of hydroxylamine groups is 2. The molecule has 1 fully saturated rings. The lowest BCUT2D eigenvalue weighted by Crippen LogP contribution is -2.33. The molecule has 0 saturated heterocycles. The molecule has 0 N–H and O–H groups in total. The summed E-state index contributed by atoms with van der Waals surface area (Å²) in [5, 5.41) is 0.581. The minimum Gasteiger partial charge on any atom is -0.329 e. The second-order valence-corrected chi connectivity index (χ2v) is 4.87. The molecule has 19 heavy (non-hydrogen) atoms. The summed E-state index contributed by atoms with van der Waals surface area (Å²) in [6.45, 7) is 2.00. The Kier molecular flexibility index (Phi) is 2.62. The average molecular weight is 259 g/mol. The standard InChI is InChI=1S/C14H13NO4/c1-2-8-7-11(8)14(18)19-15-12(16)9-5-3-4-6-10(9)13(15)17/h3-6,8,11H,2,7H2,1H3/t8-,11?/m0/s1. The van der Waals surface area contributed by atoms with Gasteiger partial charge in [0.05, 0.1) is 17.0 Å². The van der Waals surface area contributed by atoms with Gasteiger partial charge >= 0.3 is 5.97 Å². The highest BCUT2D eigenvalue weighted by atomic mass is 16.7. The van der Waals surface area contributed by atoms with Gasteiger partial charge < -0.3 is 4.84 Å². The van der Waals surface area contributed by atoms with Crippen molar-refractivity contribution in [2.24, 2.45) is 11.8 Å². The fourth-order valence-electron chi connectivity index (χ4n) is 2.40. The summed E-state index contributed by atoms with van der Waals surface area (Å²) in [5.41, 5.74) is 0.561. The molecule has 0 radical (unpaired) electrons. The van der Waals surface area contributed by atoms with E-state index < -0.39 is 17.8 Å². The van der Waals surface area contributed by atoms with Crippen LogP contribution < -0.4 is 0 Å². The van der Waals surface area contributed by atoms with Crippen molar-refractivity contribution < 1.29 is 19.2 Å². The Hall–Kier alpha value is -2.17. The number of carbonyl (C=O) groups excluding carboxylic acids is 3. The normalized spacial score (nSPS) is 24.4. The van der Waals surface area contributed by atoms with Gasteiger partial charge in [0.15, 0.2) is 0 Å². The Morgan fingerprint density at radius 3 is 2.32 bits per heavy atom. The van der Waals surface area contributed by atoms with Gasteiger partial charge in [-0.3, -0.25) is 9.59 Å². The van der Waals surface area contributed by atoms with Gasteiger partial charge in [-0.25, -0.2) is 4.79 Å². The molecule has 0 spiro atoms. The van der Waals surface area contributed by atoms with Crippen molar-refractivity contribution in [1.82, 2.24) is 5.06 Å². The van der Waals surface area contributed by atoms with E-state index in [2.05, 4.69) is 0 Å². The molecule has 1 heterocycles. The minimum atomic E-state index is -0.567. The van der Waals surface area contributed by atoms with Crippen LogP contribution in [0.1, 0.15) is 40.5 Å². The van der Waals surface area contributed by atoms with Gasteiger partial charge in [-0.15, -0.1) is 0 Å². The van der Waals surface area contributed by atoms with Gasteiger partial charge in [0.1, 0.15) is 0 Å². The van der Waals surface area contributed by atoms with E-state index in [0.29, 0.717) is 11.0 Å². The predicted molar refractivity (Wildman–Crippen MR) is 64.9 cm³/mol. The zero-order valence-electron chi connectivity index (χ0n) is 10.5. The number of fused-ring (bicyclic) bond motifs is 1. The Morgan fingerprint density at radius 1 is 1.26 bits per heavy atom. The van der Waals surface area contributed by atoms with Crippen LogP contribution in [0.2, 0.25) is 0 Å². The number of rotatable bonds is 3. The zero-order valence-corrected chi connectivity index (χ0v) is 10.5. The first-order chi connectivity index (χ1) is 9.13. The molecule has 5 nitrogen and oxygen atoms in total. The van der Waals surface area contributed by atoms with E-state index in [1.807, 2.05) is 6.92 Å². The first-order valence-electron chi connectivity index (χ1n) is 6.33. The molecule has 2 aliphatic rings. The van der Waals surface area contributed by atoms with Crippen LogP contribution in [-0.4, -0.2) is 22.8 Å². The third-order valence-corrected chi connectivity index (χ3v) is 3.69. The smallest absolute Gasteiger partial charge is 0.329 e. The number of benzene rings is 1. The monoisotopic (exact) mass is 259 g/mol. The number of hydrogen-bond acceptors (Lipinski definition) is 4. The van der Waals surface area contributed by atoms with Crippen LogP contribution in [0.3, 0.4) is 0 Å². The maximum absolute atomic E-state index is 12.0. The quantitative estimate of drug-likeness (QED) is 0.776. The zero-order chi connectivity index (χ0) is 13.6. The first-order valence-corrected chi connectivity index (χ1v) is 6.33. The molecule has 3 rings (SSSR count). The Labute approximate surface area is 110 Å². The topological polar surface area (TPSA) is 63.7 Å². The van der Waals surface area contributed by atoms with Crippen molar-refractivity contribution in [2.75, 3.05) is 0 Å². The molecule has 2 amide bonds. The average Bonchev–Trinajstić information content (AvgIpc) is 3.18. The van der Waals surface area contributed by atoms with Crippen LogP contribution in [0.5, 0.6) is 0 Å². The van der Waals surface area contributed by atoms with Crippen LogP contribution in [0, 0.1) is 11.8 Å². The van der Waals surface area contributed by atoms with Crippen LogP contribution >= 0.6 is 0 Å². The van der Waals surface area contributed by atoms with Crippen LogP contribution in [-0.2, 0) is 9.63 Å². The second-order valence-electron chi connectivity index (χ2n) is 4.87. The molecule has 5 heteroatoms. The summed E-state index contributed by atoms with van der Waals surface area (Å²) in [7, 11) is 0. The lowest BCUT2D eigenvalue weighted by Gasteiger charge is -2.12. The van der Waals surface area contributed by atoms with Crippen molar-refractivity contribution in [3.05, 3.63) is 35.4 Å². The lowest BCUT2D eigenvalue weighted by molar-refractivity contribution is -0.170. The molecule has 1 saturated carbocycles. The molecule has 1 aliphatic carbocycles. The fourth-order valence-corrected chi connectivity index (χ4v) is 2.40. The number of carbonyl (C=O) groups is 3. The molecule has 1 aromatic rings. The van der Waals surface area contributed by atoms with Gasteiger partial charge in [0.25, 0.3) is 11.8 Å². The molecule has 2 atom stereocenters. The summed E-state index contributed by atoms with van der Waals surface area (Å²) >= 11 is 0. The third-order valence-electron chi connectivity index (χ3n) is 3.69. The van der Waals surface area contributed by atoms with E-state index >= 15 is 0 Å². The van der Waals surface area contributed by atoms with Crippen molar-refractivity contribution in [3.8, 4) is 0 Å². The summed E-state index contributed by atoms with van der Waals surface area (Å²) in [4.78, 5) is 40.7. The molecule has 1 aromatic carbocycles. The largest absolute Gasteiger partial charge is 0.336 e. The van der Waals surface area contributed by atoms with E-state index in [0.717, 1.165) is 12.8 Å². The maximum atomic E-state index is 12.0. The summed E-state index contributed by atoms with van der Waals surface area (Å²) < 4.78 is 0. The van der Waals surface area contributed by atoms with E-state index in [9.17, 15) is 14.4 Å². The van der Waals surface area contributed by atoms with E-state index in [-0.39, 0.29) is 17.0 Å². The molecular weight excluding hydrogens is 246 g/mol. The maximum Gasteiger partial charge on any atom is 0.336 e. The van der Waals surface area contributed by atoms with Crippen LogP contribution in [0.15, 0.2) is 24.3 Å². The van der Waals surface area contributed by atoms with Crippen LogP contribution in [0.4, 0.5) is 0 Å². The highest BCUT2D eigenvalue weighted by Crippen LogP contribution is 2.42. The molecule has 0 aromatic heterocycles. The molecule has 0 bridgehead atoms. The van der Waals surface area contributed by atoms with Crippen molar-refractivity contribution in [1.29, 1.82) is 0 Å². The van der Waals surface area contributed by atoms with Gasteiger partial charge in [-0.1, -0.05) is 30.5 Å². The molecular formula is C14H13NO4. The van der Waals surface area contributed by atoms with E-state index in [4.69, 9.17) is 4.84 Å². The highest BCUT2D eigenvalue weighted by Gasteiger charge is 2.46. The van der Waals surface area contributed by atoms with Crippen molar-refractivity contribution >= 4 is 17.8 Å². The molecule has 1 unspecified atom stereocenters. The number of amides is 2. The summed E-state index contributed by atoms with van der Waals surface area (Å²) in [6.07, 6.45) is 1.68. The van der Waals surface area contributed by atoms with Gasteiger partial charge in [0, 0.05) is 0 Å². The van der Waals surface area contributed by atoms with Gasteiger partial charge in [-0.2, -0.15) is 0 Å². The Morgan fingerprint density at radius 2 is 1.84 bits per heavy atom. The second kappa shape index (κ2) is 4.19. The van der Waals surface area contributed by atoms with Crippen molar-refractivity contribution in [3.63, 3.8) is 0 Å². The SMILES string of the molecule is CC[C@H]1CC1C(=O)ON1C(=O)c2ccccc2C1=O. The predicted octanol–water partition coefficient (Wildman–Crippen LogP) is 1.79. The number of hydrogen-bond donors (Lipinski definition) is 0. The minimum absolute atomic E-state index is 0.172. The Bertz CT molecular complexity index is 546. The highest BCUT2D eigenvalue weighted by molar-refractivity contribution is 6.20. The number of imide groups is 1. The fraction of sp³-hybridized carbons (Fsp3) is 0.357. The first kappa shape index (κ1) is 11.9. The Balaban J connectivity index is 1.76. The summed E-state index contributed by atoms with van der Waals surface area (Å²) in [5.74, 6) is -1.47. The molecule has 1 aliphatic heterocycles. The summed E-state index contributed by atoms with van der Waals surface area (Å²) in [6, 6.07) is 6.44. The van der Waals surface area contributed by atoms with E-state index in [1.54, 1.807) is 24.3 Å². The lowest BCUT2D eigenvalue weighted by atomic mass is 10.1. The molecule has 98 valence electrons. The van der Waals surface area contributed by atoms with Crippen LogP contribution in [0.25, 0.3) is 0 Å². The number of nitrogens with zero attached hydrogens (tertiary/aromatic N) is 1.